The van der Waals surface area contributed by atoms with Gasteiger partial charge in [0.2, 0.25) is 5.95 Å². The second-order valence-corrected chi connectivity index (χ2v) is 7.73. The van der Waals surface area contributed by atoms with E-state index < -0.39 is 5.60 Å². The van der Waals surface area contributed by atoms with E-state index in [0.29, 0.717) is 25.6 Å². The number of anilines is 3. The van der Waals surface area contributed by atoms with Crippen molar-refractivity contribution in [1.82, 2.24) is 24.6 Å². The molecule has 1 N–H and O–H groups in total. The zero-order valence-corrected chi connectivity index (χ0v) is 16.5. The number of nitrogens with zero attached hydrogens (tertiary/aromatic N) is 6. The molecule has 3 heterocycles. The fourth-order valence-electron chi connectivity index (χ4n) is 2.96. The molecule has 1 atom stereocenters. The Hall–Kier alpha value is -2.84. The van der Waals surface area contributed by atoms with Crippen molar-refractivity contribution in [2.24, 2.45) is 7.05 Å². The van der Waals surface area contributed by atoms with Gasteiger partial charge in [-0.3, -0.25) is 4.68 Å². The molecule has 1 aliphatic rings. The second kappa shape index (κ2) is 7.42. The highest BCUT2D eigenvalue weighted by atomic mass is 16.6. The van der Waals surface area contributed by atoms with Gasteiger partial charge in [0.1, 0.15) is 11.4 Å². The van der Waals surface area contributed by atoms with Crippen molar-refractivity contribution in [1.29, 1.82) is 0 Å². The summed E-state index contributed by atoms with van der Waals surface area (Å²) >= 11 is 0. The molecule has 0 saturated carbocycles. The molecule has 9 heteroatoms. The highest BCUT2D eigenvalue weighted by Crippen LogP contribution is 2.21. The number of aromatic nitrogens is 4. The Morgan fingerprint density at radius 1 is 1.33 bits per heavy atom. The van der Waals surface area contributed by atoms with E-state index in [1.807, 2.05) is 47.0 Å². The third kappa shape index (κ3) is 4.87. The van der Waals surface area contributed by atoms with Crippen LogP contribution < -0.4 is 10.2 Å². The van der Waals surface area contributed by atoms with Crippen LogP contribution in [0.4, 0.5) is 22.2 Å². The van der Waals surface area contributed by atoms with E-state index in [1.54, 1.807) is 22.0 Å². The maximum Gasteiger partial charge on any atom is 0.410 e. The molecule has 9 nitrogen and oxygen atoms in total. The zero-order chi connectivity index (χ0) is 19.6. The summed E-state index contributed by atoms with van der Waals surface area (Å²) in [7, 11) is 1.86. The first-order valence-corrected chi connectivity index (χ1v) is 9.04. The number of carbonyl (C=O) groups is 1. The number of carbonyl (C=O) groups excluding carboxylic acids is 1. The Bertz CT molecular complexity index is 799. The third-order valence-corrected chi connectivity index (χ3v) is 4.18. The van der Waals surface area contributed by atoms with Crippen LogP contribution >= 0.6 is 0 Å². The van der Waals surface area contributed by atoms with Gasteiger partial charge in [-0.1, -0.05) is 0 Å². The zero-order valence-electron chi connectivity index (χ0n) is 16.5. The maximum absolute atomic E-state index is 12.4. The Kier molecular flexibility index (Phi) is 5.20. The van der Waals surface area contributed by atoms with E-state index in [1.165, 1.54) is 0 Å². The first kappa shape index (κ1) is 18.9. The lowest BCUT2D eigenvalue weighted by Crippen LogP contribution is -2.55. The molecule has 0 spiro atoms. The summed E-state index contributed by atoms with van der Waals surface area (Å²) in [5.41, 5.74) is 0.339. The molecule has 27 heavy (non-hydrogen) atoms. The largest absolute Gasteiger partial charge is 0.444 e. The van der Waals surface area contributed by atoms with Crippen LogP contribution in [0.5, 0.6) is 0 Å². The lowest BCUT2D eigenvalue weighted by molar-refractivity contribution is 0.0158. The van der Waals surface area contributed by atoms with Crippen LogP contribution in [0.3, 0.4) is 0 Å². The molecule has 0 bridgehead atoms. The Morgan fingerprint density at radius 3 is 2.74 bits per heavy atom. The number of piperazine rings is 1. The van der Waals surface area contributed by atoms with Crippen LogP contribution in [0.2, 0.25) is 0 Å². The van der Waals surface area contributed by atoms with Gasteiger partial charge in [0.15, 0.2) is 0 Å². The van der Waals surface area contributed by atoms with Crippen molar-refractivity contribution >= 4 is 23.5 Å². The fraction of sp³-hybridized carbons (Fsp3) is 0.556. The van der Waals surface area contributed by atoms with E-state index in [9.17, 15) is 4.79 Å². The topological polar surface area (TPSA) is 88.4 Å². The van der Waals surface area contributed by atoms with Gasteiger partial charge < -0.3 is 19.9 Å². The first-order chi connectivity index (χ1) is 12.7. The molecule has 1 saturated heterocycles. The van der Waals surface area contributed by atoms with Crippen molar-refractivity contribution < 1.29 is 9.53 Å². The highest BCUT2D eigenvalue weighted by Gasteiger charge is 2.31. The SMILES string of the molecule is C[C@@H]1CN(c2ccnc(Nc3cnn(C)c3)n2)CCN1C(=O)OC(C)(C)C. The summed E-state index contributed by atoms with van der Waals surface area (Å²) < 4.78 is 7.21. The minimum absolute atomic E-state index is 0.0262. The predicted octanol–water partition coefficient (Wildman–Crippen LogP) is 2.40. The average molecular weight is 373 g/mol. The van der Waals surface area contributed by atoms with Crippen LogP contribution in [0.25, 0.3) is 0 Å². The molecule has 1 amide bonds. The molecule has 146 valence electrons. The molecule has 0 aromatic carbocycles. The molecule has 2 aromatic rings. The van der Waals surface area contributed by atoms with Gasteiger partial charge in [0.05, 0.1) is 11.9 Å². The van der Waals surface area contributed by atoms with Gasteiger partial charge in [-0.05, 0) is 33.8 Å². The number of ether oxygens (including phenoxy) is 1. The lowest BCUT2D eigenvalue weighted by atomic mass is 10.2. The summed E-state index contributed by atoms with van der Waals surface area (Å²) in [4.78, 5) is 25.2. The van der Waals surface area contributed by atoms with E-state index in [0.717, 1.165) is 11.5 Å². The molecule has 0 aliphatic carbocycles. The van der Waals surface area contributed by atoms with Crippen LogP contribution in [0, 0.1) is 0 Å². The smallest absolute Gasteiger partial charge is 0.410 e. The van der Waals surface area contributed by atoms with E-state index in [4.69, 9.17) is 4.74 Å². The van der Waals surface area contributed by atoms with Crippen molar-refractivity contribution in [3.8, 4) is 0 Å². The second-order valence-electron chi connectivity index (χ2n) is 7.73. The number of hydrogen-bond acceptors (Lipinski definition) is 7. The van der Waals surface area contributed by atoms with Gasteiger partial charge in [-0.25, -0.2) is 9.78 Å². The van der Waals surface area contributed by atoms with Crippen LogP contribution in [0.1, 0.15) is 27.7 Å². The van der Waals surface area contributed by atoms with Crippen LogP contribution in [0.15, 0.2) is 24.7 Å². The molecular formula is C18H27N7O2. The summed E-state index contributed by atoms with van der Waals surface area (Å²) in [6, 6.07) is 1.91. The standard InChI is InChI=1S/C18H27N7O2/c1-13-11-24(8-9-25(13)17(26)27-18(2,3)4)15-6-7-19-16(22-15)21-14-10-20-23(5)12-14/h6-7,10,12-13H,8-9,11H2,1-5H3,(H,19,21,22)/t13-/m1/s1. The average Bonchev–Trinajstić information content (AvgIpc) is 2.98. The Balaban J connectivity index is 1.65. The van der Waals surface area contributed by atoms with E-state index in [2.05, 4.69) is 25.3 Å². The lowest BCUT2D eigenvalue weighted by Gasteiger charge is -2.40. The number of rotatable bonds is 3. The molecule has 1 fully saturated rings. The van der Waals surface area contributed by atoms with Gasteiger partial charge in [-0.2, -0.15) is 10.1 Å². The van der Waals surface area contributed by atoms with E-state index in [-0.39, 0.29) is 12.1 Å². The Morgan fingerprint density at radius 2 is 2.11 bits per heavy atom. The van der Waals surface area contributed by atoms with Crippen LogP contribution in [-0.2, 0) is 11.8 Å². The fourth-order valence-corrected chi connectivity index (χ4v) is 2.96. The summed E-state index contributed by atoms with van der Waals surface area (Å²) in [5, 5.41) is 7.28. The minimum atomic E-state index is -0.493. The van der Waals surface area contributed by atoms with Crippen molar-refractivity contribution in [3.05, 3.63) is 24.7 Å². The molecule has 1 aliphatic heterocycles. The molecule has 0 radical (unpaired) electrons. The van der Waals surface area contributed by atoms with Gasteiger partial charge in [0, 0.05) is 45.1 Å². The summed E-state index contributed by atoms with van der Waals surface area (Å²) in [6.07, 6.45) is 5.04. The van der Waals surface area contributed by atoms with Crippen molar-refractivity contribution in [3.63, 3.8) is 0 Å². The van der Waals surface area contributed by atoms with Crippen LogP contribution in [-0.4, -0.2) is 62.0 Å². The highest BCUT2D eigenvalue weighted by molar-refractivity contribution is 5.69. The van der Waals surface area contributed by atoms with Crippen molar-refractivity contribution in [2.75, 3.05) is 29.9 Å². The number of amides is 1. The minimum Gasteiger partial charge on any atom is -0.444 e. The number of hydrogen-bond donors (Lipinski definition) is 1. The summed E-state index contributed by atoms with van der Waals surface area (Å²) in [5.74, 6) is 1.34. The predicted molar refractivity (Wildman–Crippen MR) is 103 cm³/mol. The molecule has 3 rings (SSSR count). The Labute approximate surface area is 159 Å². The number of aryl methyl sites for hydroxylation is 1. The molecular weight excluding hydrogens is 346 g/mol. The van der Waals surface area contributed by atoms with E-state index >= 15 is 0 Å². The normalized spacial score (nSPS) is 17.7. The quantitative estimate of drug-likeness (QED) is 0.884. The maximum atomic E-state index is 12.4. The van der Waals surface area contributed by atoms with Crippen molar-refractivity contribution in [2.45, 2.75) is 39.3 Å². The molecule has 0 unspecified atom stereocenters. The number of nitrogens with one attached hydrogen (secondary N) is 1. The molecule has 2 aromatic heterocycles. The monoisotopic (exact) mass is 373 g/mol. The van der Waals surface area contributed by atoms with Gasteiger partial charge in [-0.15, -0.1) is 0 Å². The third-order valence-electron chi connectivity index (χ3n) is 4.18. The first-order valence-electron chi connectivity index (χ1n) is 9.04. The van der Waals surface area contributed by atoms with Gasteiger partial charge in [0.25, 0.3) is 0 Å². The van der Waals surface area contributed by atoms with Gasteiger partial charge >= 0.3 is 6.09 Å². The summed E-state index contributed by atoms with van der Waals surface area (Å²) in [6.45, 7) is 9.61.